The van der Waals surface area contributed by atoms with Crippen molar-refractivity contribution in [2.75, 3.05) is 5.32 Å². The average molecular weight is 373 g/mol. The van der Waals surface area contributed by atoms with Gasteiger partial charge >= 0.3 is 0 Å². The summed E-state index contributed by atoms with van der Waals surface area (Å²) in [7, 11) is 0. The number of carbonyl (C=O) groups excluding carboxylic acids is 1. The smallest absolute Gasteiger partial charge is 0.257 e. The number of rotatable bonds is 3. The molecule has 0 fully saturated rings. The second kappa shape index (κ2) is 6.30. The van der Waals surface area contributed by atoms with E-state index in [1.165, 1.54) is 28.7 Å². The summed E-state index contributed by atoms with van der Waals surface area (Å²) in [5.41, 5.74) is 3.98. The summed E-state index contributed by atoms with van der Waals surface area (Å²) in [5.74, 6) is -2.14. The van der Waals surface area contributed by atoms with Crippen molar-refractivity contribution in [3.8, 4) is 11.3 Å². The molecule has 8 heteroatoms. The van der Waals surface area contributed by atoms with E-state index >= 15 is 0 Å². The van der Waals surface area contributed by atoms with E-state index in [0.29, 0.717) is 22.0 Å². The molecule has 2 heterocycles. The first-order valence-corrected chi connectivity index (χ1v) is 8.91. The lowest BCUT2D eigenvalue weighted by Gasteiger charge is -2.02. The summed E-state index contributed by atoms with van der Waals surface area (Å²) in [5, 5.41) is 4.77. The first kappa shape index (κ1) is 15.8. The van der Waals surface area contributed by atoms with Gasteiger partial charge in [-0.15, -0.1) is 22.7 Å². The van der Waals surface area contributed by atoms with Gasteiger partial charge in [-0.2, -0.15) is 0 Å². The Morgan fingerprint density at radius 1 is 1.04 bits per heavy atom. The van der Waals surface area contributed by atoms with Crippen molar-refractivity contribution in [1.29, 1.82) is 0 Å². The van der Waals surface area contributed by atoms with E-state index in [-0.39, 0.29) is 5.91 Å². The fraction of sp³-hybridized carbons (Fsp3) is 0. The van der Waals surface area contributed by atoms with Gasteiger partial charge in [0.05, 0.1) is 21.4 Å². The van der Waals surface area contributed by atoms with Crippen LogP contribution in [0.5, 0.6) is 0 Å². The van der Waals surface area contributed by atoms with Crippen LogP contribution in [0.3, 0.4) is 0 Å². The molecule has 4 nitrogen and oxygen atoms in total. The molecule has 25 heavy (non-hydrogen) atoms. The van der Waals surface area contributed by atoms with Gasteiger partial charge in [-0.05, 0) is 36.4 Å². The van der Waals surface area contributed by atoms with Crippen LogP contribution in [0.2, 0.25) is 0 Å². The third-order valence-corrected chi connectivity index (χ3v) is 5.08. The van der Waals surface area contributed by atoms with Crippen LogP contribution in [-0.2, 0) is 0 Å². The van der Waals surface area contributed by atoms with E-state index in [1.54, 1.807) is 29.1 Å². The quantitative estimate of drug-likeness (QED) is 0.553. The largest absolute Gasteiger partial charge is 0.298 e. The van der Waals surface area contributed by atoms with Crippen molar-refractivity contribution in [2.24, 2.45) is 0 Å². The number of fused-ring (bicyclic) bond motifs is 1. The summed E-state index contributed by atoms with van der Waals surface area (Å²) < 4.78 is 27.3. The molecule has 0 saturated carbocycles. The normalized spacial score (nSPS) is 11.0. The van der Waals surface area contributed by atoms with E-state index in [0.717, 1.165) is 22.3 Å². The number of halogens is 2. The standard InChI is InChI=1S/C17H9F2N3OS2/c18-11-3-1-9(5-12(11)19)14-7-24-17(21-14)22-16(23)10-2-4-13-15(6-10)25-8-20-13/h1-8H,(H,21,22,23). The number of benzene rings is 2. The lowest BCUT2D eigenvalue weighted by atomic mass is 10.2. The third-order valence-electron chi connectivity index (χ3n) is 3.53. The highest BCUT2D eigenvalue weighted by atomic mass is 32.1. The topological polar surface area (TPSA) is 54.9 Å². The maximum atomic E-state index is 13.3. The van der Waals surface area contributed by atoms with Gasteiger partial charge in [0.15, 0.2) is 16.8 Å². The van der Waals surface area contributed by atoms with Gasteiger partial charge < -0.3 is 0 Å². The molecule has 2 aromatic heterocycles. The molecule has 0 aliphatic rings. The van der Waals surface area contributed by atoms with Crippen molar-refractivity contribution >= 4 is 43.9 Å². The minimum atomic E-state index is -0.936. The fourth-order valence-corrected chi connectivity index (χ4v) is 3.72. The molecule has 0 radical (unpaired) electrons. The van der Waals surface area contributed by atoms with E-state index in [2.05, 4.69) is 15.3 Å². The molecule has 4 rings (SSSR count). The van der Waals surface area contributed by atoms with E-state index in [1.807, 2.05) is 0 Å². The number of hydrogen-bond donors (Lipinski definition) is 1. The predicted octanol–water partition coefficient (Wildman–Crippen LogP) is 4.95. The molecule has 0 unspecified atom stereocenters. The second-order valence-corrected chi connectivity index (χ2v) is 6.90. The molecule has 0 aliphatic carbocycles. The molecule has 124 valence electrons. The minimum Gasteiger partial charge on any atom is -0.298 e. The van der Waals surface area contributed by atoms with Crippen molar-refractivity contribution in [2.45, 2.75) is 0 Å². The van der Waals surface area contributed by atoms with E-state index in [4.69, 9.17) is 0 Å². The van der Waals surface area contributed by atoms with Crippen LogP contribution in [0.25, 0.3) is 21.5 Å². The SMILES string of the molecule is O=C(Nc1nc(-c2ccc(F)c(F)c2)cs1)c1ccc2ncsc2c1. The van der Waals surface area contributed by atoms with Gasteiger partial charge in [-0.3, -0.25) is 10.1 Å². The fourth-order valence-electron chi connectivity index (χ4n) is 2.28. The molecule has 0 spiro atoms. The summed E-state index contributed by atoms with van der Waals surface area (Å²) >= 11 is 2.67. The Balaban J connectivity index is 1.55. The molecule has 4 aromatic rings. The highest BCUT2D eigenvalue weighted by molar-refractivity contribution is 7.16. The number of carbonyl (C=O) groups is 1. The molecule has 1 N–H and O–H groups in total. The highest BCUT2D eigenvalue weighted by Gasteiger charge is 2.12. The van der Waals surface area contributed by atoms with Crippen LogP contribution < -0.4 is 5.32 Å². The Hall–Kier alpha value is -2.71. The van der Waals surface area contributed by atoms with Gasteiger partial charge in [0.25, 0.3) is 5.91 Å². The lowest BCUT2D eigenvalue weighted by Crippen LogP contribution is -2.11. The Kier molecular flexibility index (Phi) is 3.98. The number of nitrogens with one attached hydrogen (secondary N) is 1. The number of amides is 1. The van der Waals surface area contributed by atoms with Crippen LogP contribution in [0, 0.1) is 11.6 Å². The van der Waals surface area contributed by atoms with Gasteiger partial charge in [0.2, 0.25) is 0 Å². The van der Waals surface area contributed by atoms with E-state index in [9.17, 15) is 13.6 Å². The van der Waals surface area contributed by atoms with Crippen LogP contribution in [-0.4, -0.2) is 15.9 Å². The number of hydrogen-bond acceptors (Lipinski definition) is 5. The predicted molar refractivity (Wildman–Crippen MR) is 95.0 cm³/mol. The zero-order chi connectivity index (χ0) is 17.4. The Morgan fingerprint density at radius 3 is 2.76 bits per heavy atom. The molecular formula is C17H9F2N3OS2. The minimum absolute atomic E-state index is 0.290. The number of nitrogens with zero attached hydrogens (tertiary/aromatic N) is 2. The lowest BCUT2D eigenvalue weighted by molar-refractivity contribution is 0.102. The molecule has 0 bridgehead atoms. The summed E-state index contributed by atoms with van der Waals surface area (Å²) in [4.78, 5) is 20.8. The second-order valence-electron chi connectivity index (χ2n) is 5.16. The average Bonchev–Trinajstić information content (AvgIpc) is 3.25. The van der Waals surface area contributed by atoms with Gasteiger partial charge in [0.1, 0.15) is 0 Å². The van der Waals surface area contributed by atoms with E-state index < -0.39 is 11.6 Å². The first-order valence-electron chi connectivity index (χ1n) is 7.16. The Bertz CT molecular complexity index is 1090. The van der Waals surface area contributed by atoms with Crippen LogP contribution in [0.4, 0.5) is 13.9 Å². The van der Waals surface area contributed by atoms with Crippen LogP contribution in [0.15, 0.2) is 47.3 Å². The Labute approximate surface area is 148 Å². The van der Waals surface area contributed by atoms with Gasteiger partial charge in [-0.25, -0.2) is 18.7 Å². The third kappa shape index (κ3) is 3.13. The molecule has 2 aromatic carbocycles. The van der Waals surface area contributed by atoms with Crippen LogP contribution in [0.1, 0.15) is 10.4 Å². The summed E-state index contributed by atoms with van der Waals surface area (Å²) in [6, 6.07) is 8.82. The Morgan fingerprint density at radius 2 is 1.92 bits per heavy atom. The van der Waals surface area contributed by atoms with Gasteiger partial charge in [-0.1, -0.05) is 0 Å². The summed E-state index contributed by atoms with van der Waals surface area (Å²) in [6.07, 6.45) is 0. The monoisotopic (exact) mass is 373 g/mol. The van der Waals surface area contributed by atoms with Crippen molar-refractivity contribution in [1.82, 2.24) is 9.97 Å². The first-order chi connectivity index (χ1) is 12.1. The molecule has 1 amide bonds. The molecule has 0 atom stereocenters. The number of aromatic nitrogens is 2. The van der Waals surface area contributed by atoms with Crippen molar-refractivity contribution in [3.05, 3.63) is 64.5 Å². The van der Waals surface area contributed by atoms with Crippen LogP contribution >= 0.6 is 22.7 Å². The molecule has 0 saturated heterocycles. The number of anilines is 1. The van der Waals surface area contributed by atoms with Crippen molar-refractivity contribution < 1.29 is 13.6 Å². The maximum absolute atomic E-state index is 13.3. The maximum Gasteiger partial charge on any atom is 0.257 e. The van der Waals surface area contributed by atoms with Crippen molar-refractivity contribution in [3.63, 3.8) is 0 Å². The molecular weight excluding hydrogens is 364 g/mol. The highest BCUT2D eigenvalue weighted by Crippen LogP contribution is 2.27. The summed E-state index contributed by atoms with van der Waals surface area (Å²) in [6.45, 7) is 0. The molecule has 0 aliphatic heterocycles. The number of thiazole rings is 2. The zero-order valence-electron chi connectivity index (χ0n) is 12.5. The van der Waals surface area contributed by atoms with Gasteiger partial charge in [0, 0.05) is 16.5 Å². The zero-order valence-corrected chi connectivity index (χ0v) is 14.1.